The summed E-state index contributed by atoms with van der Waals surface area (Å²) in [5.41, 5.74) is 23.1. The maximum absolute atomic E-state index is 12.6. The molecule has 1 saturated carbocycles. The first-order valence-electron chi connectivity index (χ1n) is 13.1. The van der Waals surface area contributed by atoms with Gasteiger partial charge in [-0.2, -0.15) is 0 Å². The summed E-state index contributed by atoms with van der Waals surface area (Å²) in [5, 5.41) is 84.9. The Kier molecular flexibility index (Phi) is 11.9. The van der Waals surface area contributed by atoms with Crippen LogP contribution >= 0.6 is 0 Å². The van der Waals surface area contributed by atoms with Crippen molar-refractivity contribution in [1.82, 2.24) is 5.32 Å². The zero-order valence-electron chi connectivity index (χ0n) is 21.7. The number of hydrogen-bond acceptors (Lipinski definition) is 17. The lowest BCUT2D eigenvalue weighted by atomic mass is 9.83. The van der Waals surface area contributed by atoms with E-state index in [9.17, 15) is 45.6 Å². The second kappa shape index (κ2) is 14.3. The Balaban J connectivity index is 1.85. The van der Waals surface area contributed by atoms with Crippen molar-refractivity contribution in [2.45, 2.75) is 111 Å². The second-order valence-electron chi connectivity index (χ2n) is 10.3. The average molecular weight is 586 g/mol. The summed E-state index contributed by atoms with van der Waals surface area (Å²) < 4.78 is 22.5. The summed E-state index contributed by atoms with van der Waals surface area (Å²) in [4.78, 5) is 12.6. The van der Waals surface area contributed by atoms with Crippen LogP contribution < -0.4 is 28.3 Å². The molecule has 2 aliphatic heterocycles. The lowest BCUT2D eigenvalue weighted by Gasteiger charge is -2.49. The van der Waals surface area contributed by atoms with E-state index in [1.807, 2.05) is 0 Å². The molecule has 0 spiro atoms. The molecule has 3 rings (SSSR count). The minimum Gasteiger partial charge on any atom is -0.394 e. The summed E-state index contributed by atoms with van der Waals surface area (Å²) >= 11 is 0. The van der Waals surface area contributed by atoms with Crippen LogP contribution in [0.4, 0.5) is 0 Å². The number of aliphatic hydroxyl groups is 8. The molecule has 2 saturated heterocycles. The molecule has 0 unspecified atom stereocenters. The van der Waals surface area contributed by atoms with Crippen LogP contribution in [0.25, 0.3) is 0 Å². The van der Waals surface area contributed by atoms with Crippen molar-refractivity contribution >= 4 is 5.91 Å². The first-order valence-corrected chi connectivity index (χ1v) is 13.1. The van der Waals surface area contributed by atoms with E-state index in [1.165, 1.54) is 0 Å². The number of nitrogens with two attached hydrogens (primary N) is 4. The highest BCUT2D eigenvalue weighted by Crippen LogP contribution is 2.32. The van der Waals surface area contributed by atoms with E-state index >= 15 is 0 Å². The van der Waals surface area contributed by atoms with Gasteiger partial charge >= 0.3 is 0 Å². The minimum atomic E-state index is -1.76. The van der Waals surface area contributed by atoms with Crippen molar-refractivity contribution in [2.24, 2.45) is 22.9 Å². The second-order valence-corrected chi connectivity index (χ2v) is 10.3. The van der Waals surface area contributed by atoms with Crippen LogP contribution in [-0.2, 0) is 23.7 Å². The van der Waals surface area contributed by atoms with Gasteiger partial charge in [-0.1, -0.05) is 0 Å². The van der Waals surface area contributed by atoms with Crippen molar-refractivity contribution in [1.29, 1.82) is 0 Å². The standard InChI is InChI=1S/C22H43N5O13/c23-2-1-8(29)20(36)27-7-3-6(25)18(39-22-16(34)15(33)13(31)9(4-24)37-22)17(35)19(7)40-21-14(32)11(26)12(30)10(5-28)38-21/h6-19,21-22,28-35H,1-5,23-26H2,(H,27,36)/t6-,7+,8-,9-,10-,11+,12-,13-,14-,15+,16-,17-,18+,19-,21-,22-/m0/s1. The van der Waals surface area contributed by atoms with Crippen molar-refractivity contribution in [3.05, 3.63) is 0 Å². The molecule has 17 N–H and O–H groups in total. The molecule has 2 heterocycles. The molecule has 234 valence electrons. The van der Waals surface area contributed by atoms with Crippen LogP contribution in [0.2, 0.25) is 0 Å². The largest absolute Gasteiger partial charge is 0.394 e. The van der Waals surface area contributed by atoms with Crippen LogP contribution in [0.15, 0.2) is 0 Å². The monoisotopic (exact) mass is 585 g/mol. The summed E-state index contributed by atoms with van der Waals surface area (Å²) in [6.07, 6.45) is -19.8. The third-order valence-corrected chi connectivity index (χ3v) is 7.51. The smallest absolute Gasteiger partial charge is 0.249 e. The van der Waals surface area contributed by atoms with Crippen LogP contribution in [0.5, 0.6) is 0 Å². The summed E-state index contributed by atoms with van der Waals surface area (Å²) in [5.74, 6) is -0.845. The normalized spacial score (nSPS) is 47.0. The molecule has 16 atom stereocenters. The number of carbonyl (C=O) groups excluding carboxylic acids is 1. The van der Waals surface area contributed by atoms with Gasteiger partial charge in [0.2, 0.25) is 5.91 Å². The third-order valence-electron chi connectivity index (χ3n) is 7.51. The highest BCUT2D eigenvalue weighted by Gasteiger charge is 2.52. The molecule has 0 aromatic rings. The molecule has 0 aromatic carbocycles. The van der Waals surface area contributed by atoms with Gasteiger partial charge in [0.1, 0.15) is 67.1 Å². The SMILES string of the molecule is NCC[C@H](O)C(=O)N[C@@H]1C[C@H](N)[C@@H](O[C@@H]2O[C@@H](CN)[C@H](O)[C@@H](O)[C@@H]2O)[C@H](O)[C@H]1O[C@@H]1O[C@@H](CO)[C@H](O)[C@@H](N)[C@@H]1O. The molecular weight excluding hydrogens is 542 g/mol. The lowest BCUT2D eigenvalue weighted by molar-refractivity contribution is -0.332. The number of rotatable bonds is 10. The highest BCUT2D eigenvalue weighted by atomic mass is 16.7. The molecule has 0 bridgehead atoms. The van der Waals surface area contributed by atoms with Crippen molar-refractivity contribution in [3.63, 3.8) is 0 Å². The number of nitrogens with one attached hydrogen (secondary N) is 1. The van der Waals surface area contributed by atoms with E-state index in [-0.39, 0.29) is 25.9 Å². The first-order chi connectivity index (χ1) is 18.9. The molecule has 3 fully saturated rings. The van der Waals surface area contributed by atoms with E-state index in [1.54, 1.807) is 0 Å². The lowest BCUT2D eigenvalue weighted by Crippen LogP contribution is -2.69. The predicted molar refractivity (Wildman–Crippen MR) is 131 cm³/mol. The number of hydrogen-bond donors (Lipinski definition) is 13. The average Bonchev–Trinajstić information content (AvgIpc) is 2.92. The molecule has 3 aliphatic rings. The fraction of sp³-hybridized carbons (Fsp3) is 0.955. The molecular formula is C22H43N5O13. The number of ether oxygens (including phenoxy) is 4. The Morgan fingerprint density at radius 2 is 1.45 bits per heavy atom. The van der Waals surface area contributed by atoms with Crippen LogP contribution in [0, 0.1) is 0 Å². The van der Waals surface area contributed by atoms with Gasteiger partial charge in [0, 0.05) is 12.6 Å². The quantitative estimate of drug-likeness (QED) is 0.113. The molecule has 1 aliphatic carbocycles. The highest BCUT2D eigenvalue weighted by molar-refractivity contribution is 5.80. The van der Waals surface area contributed by atoms with E-state index in [4.69, 9.17) is 41.9 Å². The Morgan fingerprint density at radius 3 is 2.05 bits per heavy atom. The van der Waals surface area contributed by atoms with Gasteiger partial charge < -0.3 is 88.1 Å². The fourth-order valence-electron chi connectivity index (χ4n) is 5.07. The topological polar surface area (TPSA) is 332 Å². The van der Waals surface area contributed by atoms with Gasteiger partial charge in [-0.05, 0) is 19.4 Å². The van der Waals surface area contributed by atoms with Gasteiger partial charge in [0.05, 0.1) is 18.7 Å². The van der Waals surface area contributed by atoms with E-state index in [2.05, 4.69) is 5.32 Å². The van der Waals surface area contributed by atoms with Crippen LogP contribution in [-0.4, -0.2) is 164 Å². The minimum absolute atomic E-state index is 0.0101. The summed E-state index contributed by atoms with van der Waals surface area (Å²) in [7, 11) is 0. The van der Waals surface area contributed by atoms with Gasteiger partial charge in [-0.25, -0.2) is 0 Å². The first kappa shape index (κ1) is 33.3. The zero-order chi connectivity index (χ0) is 29.9. The van der Waals surface area contributed by atoms with Crippen molar-refractivity contribution < 1.29 is 64.6 Å². The Labute approximate surface area is 229 Å². The van der Waals surface area contributed by atoms with Crippen LogP contribution in [0.3, 0.4) is 0 Å². The maximum Gasteiger partial charge on any atom is 0.249 e. The maximum atomic E-state index is 12.6. The van der Waals surface area contributed by atoms with Crippen molar-refractivity contribution in [2.75, 3.05) is 19.7 Å². The number of carbonyl (C=O) groups is 1. The predicted octanol–water partition coefficient (Wildman–Crippen LogP) is -8.42. The molecule has 0 aromatic heterocycles. The summed E-state index contributed by atoms with van der Waals surface area (Å²) in [6.45, 7) is -0.898. The van der Waals surface area contributed by atoms with Gasteiger partial charge in [-0.15, -0.1) is 0 Å². The number of amides is 1. The van der Waals surface area contributed by atoms with E-state index < -0.39 is 110 Å². The van der Waals surface area contributed by atoms with Gasteiger partial charge in [0.15, 0.2) is 12.6 Å². The fourth-order valence-corrected chi connectivity index (χ4v) is 5.07. The Morgan fingerprint density at radius 1 is 0.850 bits per heavy atom. The summed E-state index contributed by atoms with van der Waals surface area (Å²) in [6, 6.07) is -3.45. The van der Waals surface area contributed by atoms with E-state index in [0.29, 0.717) is 0 Å². The van der Waals surface area contributed by atoms with Crippen LogP contribution in [0.1, 0.15) is 12.8 Å². The molecule has 18 heteroatoms. The number of aliphatic hydroxyl groups excluding tert-OH is 8. The third kappa shape index (κ3) is 7.06. The van der Waals surface area contributed by atoms with Gasteiger partial charge in [-0.3, -0.25) is 4.79 Å². The van der Waals surface area contributed by atoms with E-state index in [0.717, 1.165) is 0 Å². The molecule has 1 amide bonds. The van der Waals surface area contributed by atoms with Gasteiger partial charge in [0.25, 0.3) is 0 Å². The Hall–Kier alpha value is -1.17. The molecule has 18 nitrogen and oxygen atoms in total. The molecule has 40 heavy (non-hydrogen) atoms. The van der Waals surface area contributed by atoms with Crippen molar-refractivity contribution in [3.8, 4) is 0 Å². The Bertz CT molecular complexity index is 815. The molecule has 0 radical (unpaired) electrons. The zero-order valence-corrected chi connectivity index (χ0v) is 21.7.